The van der Waals surface area contributed by atoms with Crippen molar-refractivity contribution in [3.63, 3.8) is 0 Å². The molecule has 4 heteroatoms. The zero-order valence-electron chi connectivity index (χ0n) is 15.1. The van der Waals surface area contributed by atoms with E-state index in [9.17, 15) is 0 Å². The minimum absolute atomic E-state index is 0.913. The molecule has 2 aliphatic carbocycles. The molecule has 2 aliphatic heterocycles. The monoisotopic (exact) mass is 311 g/mol. The molecule has 0 atom stereocenters. The van der Waals surface area contributed by atoms with Gasteiger partial charge in [0.15, 0.2) is 0 Å². The fourth-order valence-electron chi connectivity index (χ4n) is 2.97. The van der Waals surface area contributed by atoms with Crippen LogP contribution in [0.1, 0.15) is 44.9 Å². The van der Waals surface area contributed by atoms with E-state index in [2.05, 4.69) is 35.8 Å². The van der Waals surface area contributed by atoms with Crippen molar-refractivity contribution in [2.24, 2.45) is 0 Å². The summed E-state index contributed by atoms with van der Waals surface area (Å²) in [6.45, 7) is 6.66. The summed E-state index contributed by atoms with van der Waals surface area (Å²) in [6, 6.07) is 1.98. The molecule has 0 aromatic rings. The van der Waals surface area contributed by atoms with E-state index in [0.29, 0.717) is 0 Å². The number of hydrogen-bond donors (Lipinski definition) is 0. The molecule has 0 amide bonds. The van der Waals surface area contributed by atoms with Gasteiger partial charge in [0, 0.05) is 25.2 Å². The summed E-state index contributed by atoms with van der Waals surface area (Å²) < 4.78 is 5.10. The molecule has 2 saturated heterocycles. The first-order valence-electron chi connectivity index (χ1n) is 9.33. The molecule has 0 spiro atoms. The minimum Gasteiger partial charge on any atom is -0.379 e. The van der Waals surface area contributed by atoms with Crippen molar-refractivity contribution < 1.29 is 4.74 Å². The van der Waals surface area contributed by atoms with Crippen LogP contribution < -0.4 is 0 Å². The van der Waals surface area contributed by atoms with Gasteiger partial charge in [-0.15, -0.1) is 0 Å². The van der Waals surface area contributed by atoms with E-state index in [-0.39, 0.29) is 0 Å². The summed E-state index contributed by atoms with van der Waals surface area (Å²) in [5.74, 6) is 0. The average Bonchev–Trinajstić information content (AvgIpc) is 3.43. The second-order valence-corrected chi connectivity index (χ2v) is 7.41. The molecule has 0 radical (unpaired) electrons. The van der Waals surface area contributed by atoms with Crippen LogP contribution in [0.25, 0.3) is 0 Å². The summed E-state index contributed by atoms with van der Waals surface area (Å²) in [5, 5.41) is 0. The maximum atomic E-state index is 5.10. The van der Waals surface area contributed by atoms with Crippen molar-refractivity contribution in [3.05, 3.63) is 0 Å². The zero-order chi connectivity index (χ0) is 15.8. The summed E-state index contributed by atoms with van der Waals surface area (Å²) >= 11 is 0. The maximum Gasteiger partial charge on any atom is 0.0594 e. The molecule has 130 valence electrons. The average molecular weight is 312 g/mol. The van der Waals surface area contributed by atoms with Crippen molar-refractivity contribution in [3.8, 4) is 0 Å². The van der Waals surface area contributed by atoms with E-state index in [1.807, 2.05) is 0 Å². The predicted octanol–water partition coefficient (Wildman–Crippen LogP) is 2.29. The van der Waals surface area contributed by atoms with Crippen LogP contribution in [-0.4, -0.2) is 87.3 Å². The highest BCUT2D eigenvalue weighted by Gasteiger charge is 2.35. The Morgan fingerprint density at radius 1 is 0.727 bits per heavy atom. The van der Waals surface area contributed by atoms with Gasteiger partial charge in [0.25, 0.3) is 0 Å². The van der Waals surface area contributed by atoms with Crippen LogP contribution >= 0.6 is 0 Å². The number of likely N-dealkylation sites (tertiary alicyclic amines) is 1. The molecule has 0 unspecified atom stereocenters. The summed E-state index contributed by atoms with van der Waals surface area (Å²) in [6.07, 6.45) is 10.1. The van der Waals surface area contributed by atoms with Gasteiger partial charge in [-0.3, -0.25) is 0 Å². The van der Waals surface area contributed by atoms with Crippen molar-refractivity contribution in [1.29, 1.82) is 0 Å². The van der Waals surface area contributed by atoms with Gasteiger partial charge >= 0.3 is 0 Å². The molecule has 4 aliphatic rings. The molecule has 0 aromatic carbocycles. The molecule has 0 N–H and O–H groups in total. The lowest BCUT2D eigenvalue weighted by molar-refractivity contribution is 0.0503. The molecule has 4 fully saturated rings. The van der Waals surface area contributed by atoms with Gasteiger partial charge in [-0.2, -0.15) is 0 Å². The molecular formula is C18H37N3O. The molecule has 4 rings (SSSR count). The smallest absolute Gasteiger partial charge is 0.0594 e. The Morgan fingerprint density at radius 3 is 1.45 bits per heavy atom. The van der Waals surface area contributed by atoms with E-state index >= 15 is 0 Å². The molecule has 22 heavy (non-hydrogen) atoms. The highest BCUT2D eigenvalue weighted by molar-refractivity contribution is 4.92. The van der Waals surface area contributed by atoms with Crippen LogP contribution in [0.2, 0.25) is 0 Å². The van der Waals surface area contributed by atoms with Crippen LogP contribution in [0.4, 0.5) is 0 Å². The summed E-state index contributed by atoms with van der Waals surface area (Å²) in [4.78, 5) is 7.22. The Balaban J connectivity index is 0.000000121. The molecule has 4 nitrogen and oxygen atoms in total. The van der Waals surface area contributed by atoms with Crippen LogP contribution in [0, 0.1) is 0 Å². The SMILES string of the molecule is CN(C1CC1)C1CC1.CN1CCCCC1.CN1CCOCC1. The summed E-state index contributed by atoms with van der Waals surface area (Å²) in [7, 11) is 6.58. The number of morpholine rings is 1. The van der Waals surface area contributed by atoms with E-state index in [1.54, 1.807) is 0 Å². The topological polar surface area (TPSA) is 19.0 Å². The number of nitrogens with zero attached hydrogens (tertiary/aromatic N) is 3. The first-order chi connectivity index (χ1) is 10.7. The minimum atomic E-state index is 0.913. The largest absolute Gasteiger partial charge is 0.379 e. The number of hydrogen-bond acceptors (Lipinski definition) is 4. The van der Waals surface area contributed by atoms with Crippen molar-refractivity contribution in [2.75, 3.05) is 60.5 Å². The lowest BCUT2D eigenvalue weighted by Crippen LogP contribution is -2.32. The molecule has 0 bridgehead atoms. The van der Waals surface area contributed by atoms with Gasteiger partial charge in [0.05, 0.1) is 13.2 Å². The standard InChI is InChI=1S/C7H13N.C6H13N.C5H11NO/c1-8(6-2-3-6)7-4-5-7;1-7-5-3-2-4-6-7;1-6-2-4-7-5-3-6/h6-7H,2-5H2,1H3;2-6H2,1H3;2-5H2,1H3. The zero-order valence-corrected chi connectivity index (χ0v) is 15.1. The fraction of sp³-hybridized carbons (Fsp3) is 1.00. The van der Waals surface area contributed by atoms with Crippen LogP contribution in [0.5, 0.6) is 0 Å². The van der Waals surface area contributed by atoms with Gasteiger partial charge in [-0.05, 0) is 72.8 Å². The predicted molar refractivity (Wildman–Crippen MR) is 93.5 cm³/mol. The first-order valence-corrected chi connectivity index (χ1v) is 9.33. The normalized spacial score (nSPS) is 26.7. The molecule has 2 saturated carbocycles. The second kappa shape index (κ2) is 9.86. The third kappa shape index (κ3) is 7.91. The van der Waals surface area contributed by atoms with Crippen LogP contribution in [0.15, 0.2) is 0 Å². The van der Waals surface area contributed by atoms with Crippen molar-refractivity contribution >= 4 is 0 Å². The summed E-state index contributed by atoms with van der Waals surface area (Å²) in [5.41, 5.74) is 0. The Kier molecular flexibility index (Phi) is 8.15. The Hall–Kier alpha value is -0.160. The van der Waals surface area contributed by atoms with E-state index < -0.39 is 0 Å². The second-order valence-electron chi connectivity index (χ2n) is 7.41. The number of ether oxygens (including phenoxy) is 1. The van der Waals surface area contributed by atoms with Crippen LogP contribution in [-0.2, 0) is 4.74 Å². The third-order valence-electron chi connectivity index (χ3n) is 5.06. The van der Waals surface area contributed by atoms with Gasteiger partial charge in [0.1, 0.15) is 0 Å². The Bertz CT molecular complexity index is 252. The lowest BCUT2D eigenvalue weighted by Gasteiger charge is -2.21. The van der Waals surface area contributed by atoms with Crippen LogP contribution in [0.3, 0.4) is 0 Å². The highest BCUT2D eigenvalue weighted by Crippen LogP contribution is 2.35. The number of rotatable bonds is 2. The molecular weight excluding hydrogens is 274 g/mol. The fourth-order valence-corrected chi connectivity index (χ4v) is 2.97. The Labute approximate surface area is 137 Å². The van der Waals surface area contributed by atoms with Gasteiger partial charge in [0.2, 0.25) is 0 Å². The third-order valence-corrected chi connectivity index (χ3v) is 5.06. The molecule has 2 heterocycles. The number of likely N-dealkylation sites (N-methyl/N-ethyl adjacent to an activating group) is 1. The van der Waals surface area contributed by atoms with Gasteiger partial charge in [-0.25, -0.2) is 0 Å². The quantitative estimate of drug-likeness (QED) is 0.779. The number of piperidine rings is 1. The van der Waals surface area contributed by atoms with E-state index in [4.69, 9.17) is 4.74 Å². The lowest BCUT2D eigenvalue weighted by atomic mass is 10.1. The maximum absolute atomic E-state index is 5.10. The van der Waals surface area contributed by atoms with Gasteiger partial charge in [-0.1, -0.05) is 6.42 Å². The van der Waals surface area contributed by atoms with Gasteiger partial charge < -0.3 is 19.4 Å². The van der Waals surface area contributed by atoms with Crippen molar-refractivity contribution in [1.82, 2.24) is 14.7 Å². The first kappa shape index (κ1) is 18.2. The van der Waals surface area contributed by atoms with E-state index in [1.165, 1.54) is 58.0 Å². The molecule has 0 aromatic heterocycles. The van der Waals surface area contributed by atoms with E-state index in [0.717, 1.165) is 38.4 Å². The Morgan fingerprint density at radius 2 is 1.18 bits per heavy atom. The van der Waals surface area contributed by atoms with Crippen molar-refractivity contribution in [2.45, 2.75) is 57.0 Å². The highest BCUT2D eigenvalue weighted by atomic mass is 16.5.